The first kappa shape index (κ1) is 11.6. The topological polar surface area (TPSA) is 34.1 Å². The predicted molar refractivity (Wildman–Crippen MR) is 59.6 cm³/mol. The molecule has 0 fully saturated rings. The van der Waals surface area contributed by atoms with Crippen molar-refractivity contribution in [3.63, 3.8) is 0 Å². The molecule has 0 atom stereocenters. The Bertz CT molecular complexity index is 307. The zero-order valence-corrected chi connectivity index (χ0v) is 10.3. The normalized spacial score (nSPS) is 12.1. The Labute approximate surface area is 89.5 Å². The summed E-state index contributed by atoms with van der Waals surface area (Å²) in [5.74, 6) is 0. The standard InChI is InChI=1S/C10H18N2OS/c1-7-8(6-11-4)14-9(12-7)10(2,3)13-5/h11H,6H2,1-5H3. The van der Waals surface area contributed by atoms with Crippen molar-refractivity contribution in [1.29, 1.82) is 0 Å². The molecule has 0 aliphatic heterocycles. The fourth-order valence-corrected chi connectivity index (χ4v) is 2.25. The molecule has 4 heteroatoms. The van der Waals surface area contributed by atoms with Gasteiger partial charge in [-0.25, -0.2) is 4.98 Å². The van der Waals surface area contributed by atoms with Crippen molar-refractivity contribution in [1.82, 2.24) is 10.3 Å². The van der Waals surface area contributed by atoms with Gasteiger partial charge < -0.3 is 10.1 Å². The molecule has 0 spiro atoms. The summed E-state index contributed by atoms with van der Waals surface area (Å²) in [6.45, 7) is 6.99. The van der Waals surface area contributed by atoms with E-state index in [0.717, 1.165) is 17.2 Å². The summed E-state index contributed by atoms with van der Waals surface area (Å²) >= 11 is 1.72. The summed E-state index contributed by atoms with van der Waals surface area (Å²) in [4.78, 5) is 5.81. The number of rotatable bonds is 4. The van der Waals surface area contributed by atoms with Crippen LogP contribution in [0.4, 0.5) is 0 Å². The number of hydrogen-bond donors (Lipinski definition) is 1. The Kier molecular flexibility index (Phi) is 3.64. The van der Waals surface area contributed by atoms with Gasteiger partial charge >= 0.3 is 0 Å². The SMILES string of the molecule is CNCc1sc(C(C)(C)OC)nc1C. The lowest BCUT2D eigenvalue weighted by Crippen LogP contribution is -2.18. The molecule has 1 aromatic heterocycles. The first-order valence-corrected chi connectivity index (χ1v) is 5.49. The number of nitrogens with zero attached hydrogens (tertiary/aromatic N) is 1. The van der Waals surface area contributed by atoms with E-state index in [2.05, 4.69) is 10.3 Å². The van der Waals surface area contributed by atoms with Gasteiger partial charge in [0.05, 0.1) is 5.69 Å². The third-order valence-electron chi connectivity index (χ3n) is 2.26. The third kappa shape index (κ3) is 2.32. The van der Waals surface area contributed by atoms with Gasteiger partial charge in [0.1, 0.15) is 10.6 Å². The van der Waals surface area contributed by atoms with E-state index >= 15 is 0 Å². The average Bonchev–Trinajstić information content (AvgIpc) is 2.49. The van der Waals surface area contributed by atoms with Gasteiger partial charge in [-0.3, -0.25) is 0 Å². The van der Waals surface area contributed by atoms with Crippen molar-refractivity contribution in [3.05, 3.63) is 15.6 Å². The monoisotopic (exact) mass is 214 g/mol. The quantitative estimate of drug-likeness (QED) is 0.833. The zero-order chi connectivity index (χ0) is 10.8. The van der Waals surface area contributed by atoms with Crippen LogP contribution in [0.1, 0.15) is 29.4 Å². The molecule has 0 aliphatic carbocycles. The lowest BCUT2D eigenvalue weighted by atomic mass is 10.1. The predicted octanol–water partition coefficient (Wildman–Crippen LogP) is 2.05. The van der Waals surface area contributed by atoms with Crippen molar-refractivity contribution < 1.29 is 4.74 Å². The van der Waals surface area contributed by atoms with E-state index in [9.17, 15) is 0 Å². The molecular weight excluding hydrogens is 196 g/mol. The highest BCUT2D eigenvalue weighted by Gasteiger charge is 2.24. The molecule has 3 nitrogen and oxygen atoms in total. The number of aromatic nitrogens is 1. The molecule has 1 rings (SSSR count). The number of hydrogen-bond acceptors (Lipinski definition) is 4. The van der Waals surface area contributed by atoms with Gasteiger partial charge in [0.15, 0.2) is 0 Å². The van der Waals surface area contributed by atoms with E-state index in [0.29, 0.717) is 0 Å². The first-order chi connectivity index (χ1) is 6.51. The second kappa shape index (κ2) is 4.38. The number of nitrogens with one attached hydrogen (secondary N) is 1. The van der Waals surface area contributed by atoms with Crippen LogP contribution in [0, 0.1) is 6.92 Å². The van der Waals surface area contributed by atoms with Crippen LogP contribution in [-0.2, 0) is 16.9 Å². The van der Waals surface area contributed by atoms with Gasteiger partial charge in [-0.15, -0.1) is 11.3 Å². The molecule has 80 valence electrons. The van der Waals surface area contributed by atoms with E-state index in [1.165, 1.54) is 4.88 Å². The highest BCUT2D eigenvalue weighted by molar-refractivity contribution is 7.11. The van der Waals surface area contributed by atoms with Gasteiger partial charge in [-0.2, -0.15) is 0 Å². The fourth-order valence-electron chi connectivity index (χ4n) is 1.10. The van der Waals surface area contributed by atoms with Crippen molar-refractivity contribution in [2.75, 3.05) is 14.2 Å². The molecule has 0 aliphatic rings. The van der Waals surface area contributed by atoms with Gasteiger partial charge in [-0.1, -0.05) is 0 Å². The van der Waals surface area contributed by atoms with Crippen LogP contribution in [0.25, 0.3) is 0 Å². The smallest absolute Gasteiger partial charge is 0.125 e. The van der Waals surface area contributed by atoms with Crippen LogP contribution in [0.5, 0.6) is 0 Å². The van der Waals surface area contributed by atoms with E-state index in [1.54, 1.807) is 18.4 Å². The fraction of sp³-hybridized carbons (Fsp3) is 0.700. The maximum absolute atomic E-state index is 5.40. The zero-order valence-electron chi connectivity index (χ0n) is 9.47. The molecule has 0 saturated carbocycles. The minimum absolute atomic E-state index is 0.276. The third-order valence-corrected chi connectivity index (χ3v) is 3.72. The van der Waals surface area contributed by atoms with Crippen LogP contribution in [-0.4, -0.2) is 19.1 Å². The number of aryl methyl sites for hydroxylation is 1. The molecule has 0 amide bonds. The molecule has 0 unspecified atom stereocenters. The summed E-state index contributed by atoms with van der Waals surface area (Å²) in [5.41, 5.74) is 0.825. The van der Waals surface area contributed by atoms with E-state index in [4.69, 9.17) is 4.74 Å². The Balaban J connectivity index is 2.96. The maximum atomic E-state index is 5.40. The molecule has 0 bridgehead atoms. The molecule has 0 radical (unpaired) electrons. The van der Waals surface area contributed by atoms with E-state index in [-0.39, 0.29) is 5.60 Å². The Morgan fingerprint density at radius 2 is 2.14 bits per heavy atom. The summed E-state index contributed by atoms with van der Waals surface area (Å²) in [6.07, 6.45) is 0. The van der Waals surface area contributed by atoms with Gasteiger partial charge in [0.25, 0.3) is 0 Å². The van der Waals surface area contributed by atoms with Crippen LogP contribution in [0.15, 0.2) is 0 Å². The van der Waals surface area contributed by atoms with Gasteiger partial charge in [0.2, 0.25) is 0 Å². The minimum Gasteiger partial charge on any atom is -0.372 e. The summed E-state index contributed by atoms with van der Waals surface area (Å²) < 4.78 is 5.40. The molecule has 1 aromatic rings. The van der Waals surface area contributed by atoms with Crippen molar-refractivity contribution in [3.8, 4) is 0 Å². The molecule has 0 aromatic carbocycles. The second-order valence-electron chi connectivity index (χ2n) is 3.77. The second-order valence-corrected chi connectivity index (χ2v) is 4.86. The molecule has 1 heterocycles. The van der Waals surface area contributed by atoms with Crippen molar-refractivity contribution in [2.24, 2.45) is 0 Å². The van der Waals surface area contributed by atoms with Crippen molar-refractivity contribution >= 4 is 11.3 Å². The van der Waals surface area contributed by atoms with Gasteiger partial charge in [-0.05, 0) is 27.8 Å². The number of ether oxygens (including phenoxy) is 1. The summed E-state index contributed by atoms with van der Waals surface area (Å²) in [5, 5.41) is 4.18. The van der Waals surface area contributed by atoms with E-state index < -0.39 is 0 Å². The number of thiazole rings is 1. The summed E-state index contributed by atoms with van der Waals surface area (Å²) in [7, 11) is 3.66. The van der Waals surface area contributed by atoms with Crippen LogP contribution < -0.4 is 5.32 Å². The maximum Gasteiger partial charge on any atom is 0.125 e. The Morgan fingerprint density at radius 1 is 1.50 bits per heavy atom. The molecular formula is C10H18N2OS. The number of methoxy groups -OCH3 is 1. The largest absolute Gasteiger partial charge is 0.372 e. The average molecular weight is 214 g/mol. The lowest BCUT2D eigenvalue weighted by Gasteiger charge is -2.19. The minimum atomic E-state index is -0.276. The highest BCUT2D eigenvalue weighted by atomic mass is 32.1. The lowest BCUT2D eigenvalue weighted by molar-refractivity contribution is 0.0189. The Morgan fingerprint density at radius 3 is 2.64 bits per heavy atom. The summed E-state index contributed by atoms with van der Waals surface area (Å²) in [6, 6.07) is 0. The molecule has 14 heavy (non-hydrogen) atoms. The highest BCUT2D eigenvalue weighted by Crippen LogP contribution is 2.29. The van der Waals surface area contributed by atoms with Crippen LogP contribution in [0.3, 0.4) is 0 Å². The van der Waals surface area contributed by atoms with E-state index in [1.807, 2.05) is 27.8 Å². The van der Waals surface area contributed by atoms with Crippen molar-refractivity contribution in [2.45, 2.75) is 32.9 Å². The Hall–Kier alpha value is -0.450. The molecule has 1 N–H and O–H groups in total. The van der Waals surface area contributed by atoms with Crippen LogP contribution in [0.2, 0.25) is 0 Å². The molecule has 0 saturated heterocycles. The van der Waals surface area contributed by atoms with Gasteiger partial charge in [0, 0.05) is 18.5 Å². The van der Waals surface area contributed by atoms with Crippen LogP contribution >= 0.6 is 11.3 Å². The first-order valence-electron chi connectivity index (χ1n) is 4.67.